The average Bonchev–Trinajstić information content (AvgIpc) is 2.22. The van der Waals surface area contributed by atoms with Gasteiger partial charge in [0.15, 0.2) is 0 Å². The molecule has 0 spiro atoms. The molecule has 3 N–H and O–H groups in total. The molecule has 0 amide bonds. The zero-order valence-electron chi connectivity index (χ0n) is 8.68. The molecule has 0 saturated heterocycles. The third kappa shape index (κ3) is 3.02. The number of nitrogens with two attached hydrogens (primary N) is 1. The predicted molar refractivity (Wildman–Crippen MR) is 70.6 cm³/mol. The quantitative estimate of drug-likeness (QED) is 0.791. The molecule has 0 unspecified atom stereocenters. The fourth-order valence-corrected chi connectivity index (χ4v) is 1.94. The van der Waals surface area contributed by atoms with E-state index in [0.29, 0.717) is 27.1 Å². The highest BCUT2D eigenvalue weighted by atomic mass is 35.5. The standard InChI is InChI=1S/C12H9Cl2FN2/c13-7-3-8(14)5-10(4-7)17-12-6-9(15)1-2-11(12)16/h1-6,17H,16H2. The molecule has 0 aliphatic heterocycles. The smallest absolute Gasteiger partial charge is 0.125 e. The molecular formula is C12H9Cl2FN2. The molecule has 0 bridgehead atoms. The maximum Gasteiger partial charge on any atom is 0.125 e. The minimum absolute atomic E-state index is 0.366. The Bertz CT molecular complexity index is 538. The lowest BCUT2D eigenvalue weighted by atomic mass is 10.2. The largest absolute Gasteiger partial charge is 0.397 e. The third-order valence-electron chi connectivity index (χ3n) is 2.16. The Balaban J connectivity index is 2.34. The van der Waals surface area contributed by atoms with E-state index in [4.69, 9.17) is 28.9 Å². The highest BCUT2D eigenvalue weighted by molar-refractivity contribution is 6.35. The first kappa shape index (κ1) is 12.0. The van der Waals surface area contributed by atoms with Crippen molar-refractivity contribution < 1.29 is 4.39 Å². The van der Waals surface area contributed by atoms with Gasteiger partial charge in [0.05, 0.1) is 11.4 Å². The zero-order chi connectivity index (χ0) is 12.4. The summed E-state index contributed by atoms with van der Waals surface area (Å²) in [4.78, 5) is 0. The van der Waals surface area contributed by atoms with Crippen LogP contribution in [-0.4, -0.2) is 0 Å². The third-order valence-corrected chi connectivity index (χ3v) is 2.59. The van der Waals surface area contributed by atoms with Crippen molar-refractivity contribution >= 4 is 40.3 Å². The summed E-state index contributed by atoms with van der Waals surface area (Å²) in [7, 11) is 0. The summed E-state index contributed by atoms with van der Waals surface area (Å²) in [6, 6.07) is 9.07. The predicted octanol–water partition coefficient (Wildman–Crippen LogP) is 4.46. The van der Waals surface area contributed by atoms with Crippen LogP contribution in [0.1, 0.15) is 0 Å². The lowest BCUT2D eigenvalue weighted by Crippen LogP contribution is -1.97. The number of rotatable bonds is 2. The average molecular weight is 271 g/mol. The normalized spacial score (nSPS) is 10.3. The van der Waals surface area contributed by atoms with Gasteiger partial charge in [0, 0.05) is 15.7 Å². The van der Waals surface area contributed by atoms with Crippen LogP contribution in [-0.2, 0) is 0 Å². The molecule has 0 fully saturated rings. The van der Waals surface area contributed by atoms with Gasteiger partial charge in [-0.1, -0.05) is 23.2 Å². The number of nitrogens with one attached hydrogen (secondary N) is 1. The fraction of sp³-hybridized carbons (Fsp3) is 0. The molecule has 5 heteroatoms. The van der Waals surface area contributed by atoms with Crippen LogP contribution in [0.4, 0.5) is 21.5 Å². The molecule has 88 valence electrons. The van der Waals surface area contributed by atoms with E-state index in [0.717, 1.165) is 0 Å². The van der Waals surface area contributed by atoms with Gasteiger partial charge in [0.1, 0.15) is 5.82 Å². The van der Waals surface area contributed by atoms with Crippen molar-refractivity contribution in [3.63, 3.8) is 0 Å². The van der Waals surface area contributed by atoms with Crippen molar-refractivity contribution in [2.75, 3.05) is 11.1 Å². The van der Waals surface area contributed by atoms with Gasteiger partial charge in [-0.05, 0) is 36.4 Å². The van der Waals surface area contributed by atoms with Gasteiger partial charge in [0.25, 0.3) is 0 Å². The Hall–Kier alpha value is -1.45. The van der Waals surface area contributed by atoms with Gasteiger partial charge in [-0.3, -0.25) is 0 Å². The molecule has 0 radical (unpaired) electrons. The highest BCUT2D eigenvalue weighted by Crippen LogP contribution is 2.28. The van der Waals surface area contributed by atoms with E-state index in [9.17, 15) is 4.39 Å². The van der Waals surface area contributed by atoms with Crippen LogP contribution < -0.4 is 11.1 Å². The maximum absolute atomic E-state index is 13.1. The topological polar surface area (TPSA) is 38.0 Å². The van der Waals surface area contributed by atoms with Gasteiger partial charge < -0.3 is 11.1 Å². The van der Waals surface area contributed by atoms with E-state index in [1.807, 2.05) is 0 Å². The summed E-state index contributed by atoms with van der Waals surface area (Å²) in [5, 5.41) is 3.95. The first-order valence-corrected chi connectivity index (χ1v) is 5.58. The van der Waals surface area contributed by atoms with E-state index in [-0.39, 0.29) is 5.82 Å². The zero-order valence-corrected chi connectivity index (χ0v) is 10.2. The summed E-state index contributed by atoms with van der Waals surface area (Å²) in [6.45, 7) is 0. The van der Waals surface area contributed by atoms with Crippen molar-refractivity contribution in [1.29, 1.82) is 0 Å². The molecule has 0 heterocycles. The van der Waals surface area contributed by atoms with E-state index in [2.05, 4.69) is 5.32 Å². The Morgan fingerprint density at radius 3 is 2.29 bits per heavy atom. The molecule has 17 heavy (non-hydrogen) atoms. The van der Waals surface area contributed by atoms with Crippen LogP contribution in [0.3, 0.4) is 0 Å². The minimum atomic E-state index is -0.366. The highest BCUT2D eigenvalue weighted by Gasteiger charge is 2.03. The lowest BCUT2D eigenvalue weighted by Gasteiger charge is -2.10. The SMILES string of the molecule is Nc1ccc(F)cc1Nc1cc(Cl)cc(Cl)c1. The lowest BCUT2D eigenvalue weighted by molar-refractivity contribution is 0.628. The minimum Gasteiger partial charge on any atom is -0.397 e. The summed E-state index contributed by atoms with van der Waals surface area (Å²) in [5.41, 5.74) is 7.29. The number of hydrogen-bond acceptors (Lipinski definition) is 2. The molecular weight excluding hydrogens is 262 g/mol. The van der Waals surface area contributed by atoms with Crippen LogP contribution in [0.5, 0.6) is 0 Å². The second-order valence-electron chi connectivity index (χ2n) is 3.51. The van der Waals surface area contributed by atoms with E-state index in [1.54, 1.807) is 18.2 Å². The Kier molecular flexibility index (Phi) is 3.41. The van der Waals surface area contributed by atoms with Crippen molar-refractivity contribution in [3.05, 3.63) is 52.3 Å². The van der Waals surface area contributed by atoms with Gasteiger partial charge in [-0.25, -0.2) is 4.39 Å². The van der Waals surface area contributed by atoms with Gasteiger partial charge >= 0.3 is 0 Å². The Labute approximate surface area is 108 Å². The van der Waals surface area contributed by atoms with Crippen molar-refractivity contribution in [3.8, 4) is 0 Å². The first-order chi connectivity index (χ1) is 8.04. The van der Waals surface area contributed by atoms with E-state index < -0.39 is 0 Å². The van der Waals surface area contributed by atoms with Gasteiger partial charge in [-0.15, -0.1) is 0 Å². The monoisotopic (exact) mass is 270 g/mol. The number of benzene rings is 2. The van der Waals surface area contributed by atoms with Gasteiger partial charge in [0.2, 0.25) is 0 Å². The molecule has 2 rings (SSSR count). The van der Waals surface area contributed by atoms with Crippen LogP contribution in [0.2, 0.25) is 10.0 Å². The van der Waals surface area contributed by atoms with Crippen molar-refractivity contribution in [1.82, 2.24) is 0 Å². The number of nitrogen functional groups attached to an aromatic ring is 1. The van der Waals surface area contributed by atoms with Gasteiger partial charge in [-0.2, -0.15) is 0 Å². The summed E-state index contributed by atoms with van der Waals surface area (Å²) in [6.07, 6.45) is 0. The Morgan fingerprint density at radius 1 is 1.00 bits per heavy atom. The van der Waals surface area contributed by atoms with E-state index in [1.165, 1.54) is 18.2 Å². The van der Waals surface area contributed by atoms with Crippen LogP contribution >= 0.6 is 23.2 Å². The van der Waals surface area contributed by atoms with Crippen LogP contribution in [0, 0.1) is 5.82 Å². The summed E-state index contributed by atoms with van der Waals surface area (Å²) in [5.74, 6) is -0.366. The summed E-state index contributed by atoms with van der Waals surface area (Å²) < 4.78 is 13.1. The van der Waals surface area contributed by atoms with Crippen LogP contribution in [0.25, 0.3) is 0 Å². The molecule has 2 aromatic carbocycles. The fourth-order valence-electron chi connectivity index (χ4n) is 1.42. The van der Waals surface area contributed by atoms with Crippen LogP contribution in [0.15, 0.2) is 36.4 Å². The van der Waals surface area contributed by atoms with E-state index >= 15 is 0 Å². The van der Waals surface area contributed by atoms with Crippen molar-refractivity contribution in [2.24, 2.45) is 0 Å². The number of halogens is 3. The molecule has 0 saturated carbocycles. The first-order valence-electron chi connectivity index (χ1n) is 4.83. The second kappa shape index (κ2) is 4.82. The molecule has 2 nitrogen and oxygen atoms in total. The molecule has 2 aromatic rings. The number of hydrogen-bond donors (Lipinski definition) is 2. The molecule has 0 aromatic heterocycles. The maximum atomic E-state index is 13.1. The summed E-state index contributed by atoms with van der Waals surface area (Å²) >= 11 is 11.7. The Morgan fingerprint density at radius 2 is 1.65 bits per heavy atom. The molecule has 0 atom stereocenters. The molecule has 0 aliphatic rings. The molecule has 0 aliphatic carbocycles. The number of anilines is 3. The van der Waals surface area contributed by atoms with Crippen molar-refractivity contribution in [2.45, 2.75) is 0 Å². The second-order valence-corrected chi connectivity index (χ2v) is 4.39.